The number of ether oxygens (including phenoxy) is 12. The van der Waals surface area contributed by atoms with E-state index < -0.39 is 38.8 Å². The highest BCUT2D eigenvalue weighted by atomic mass is 16.6. The lowest BCUT2D eigenvalue weighted by Gasteiger charge is -2.40. The molecule has 6 amide bonds. The van der Waals surface area contributed by atoms with E-state index in [1.165, 1.54) is 0 Å². The second-order valence-electron chi connectivity index (χ2n) is 36.4. The predicted octanol–water partition coefficient (Wildman–Crippen LogP) is 12.6. The molecule has 0 rings (SSSR count). The molecule has 0 aliphatic carbocycles. The van der Waals surface area contributed by atoms with E-state index in [0.29, 0.717) is 164 Å². The molecule has 0 aromatic carbocycles. The first-order chi connectivity index (χ1) is 49.5. The van der Waals surface area contributed by atoms with Gasteiger partial charge in [-0.3, -0.25) is 28.8 Å². The van der Waals surface area contributed by atoms with Gasteiger partial charge in [0.05, 0.1) is 165 Å². The van der Waals surface area contributed by atoms with Crippen molar-refractivity contribution in [2.75, 3.05) is 158 Å². The van der Waals surface area contributed by atoms with Gasteiger partial charge in [-0.1, -0.05) is 101 Å². The number of carbonyl (C=O) groups excluding carboxylic acids is 6. The van der Waals surface area contributed by atoms with Gasteiger partial charge in [-0.2, -0.15) is 0 Å². The highest BCUT2D eigenvalue weighted by molar-refractivity contribution is 6.73. The van der Waals surface area contributed by atoms with E-state index >= 15 is 0 Å². The Hall–Kier alpha value is -3.86. The smallest absolute Gasteiger partial charge is 0.233 e. The molecular weight excluding hydrogens is 1370 g/mol. The third-order valence-corrected chi connectivity index (χ3v) is 17.5. The number of nitrogens with zero attached hydrogens (tertiary/aromatic N) is 1. The molecule has 0 aromatic heterocycles. The Labute approximate surface area is 650 Å². The van der Waals surface area contributed by atoms with E-state index in [-0.39, 0.29) is 103 Å². The Bertz CT molecular complexity index is 2480. The van der Waals surface area contributed by atoms with Crippen molar-refractivity contribution in [1.82, 2.24) is 31.5 Å². The summed E-state index contributed by atoms with van der Waals surface area (Å²) in [7, 11) is 1.69. The first kappa shape index (κ1) is 103. The molecule has 25 heteroatoms. The van der Waals surface area contributed by atoms with Crippen molar-refractivity contribution in [2.45, 2.75) is 302 Å². The largest absolute Gasteiger partial charge is 0.379 e. The summed E-state index contributed by atoms with van der Waals surface area (Å²) >= 11 is 0. The second kappa shape index (κ2) is 52.5. The SMILES string of the molecule is CCC[B]C(=O)N(CCOCCOCCOCCOCCC(=O)NC(C)(C)COC(C)(C)CCC(=O)NCCC(C)(C)OCCC)CCOCCOCCOCCOCCC(=O)NC(C)(C)COC(C)(C)CCC(=O)NCCC(C)(C)OCC(C)(C)NC(=O)C(C)(C)CC(C)(C)CC(C)(C)/C=C\CC(C)(C)C. The molecule has 0 aliphatic rings. The van der Waals surface area contributed by atoms with Crippen LogP contribution in [0.2, 0.25) is 6.32 Å². The standard InChI is InChI=1S/C82H158BN6O18/c1-26-39-83-71(95)89(42-47-98-51-55-102-59-57-100-53-49-96-45-31-68(92)86-76(12,13)63-105-79(18,19)35-29-66(90)84-40-37-81(22,23)104-44-27-2)43-48-99-52-56-103-60-58-101-54-50-97-46-32-69(93)87-77(14,15)64-106-80(20,21)36-30-67(91)85-41-38-82(24,25)107-65-78(16,17)88-70(94)75(10,11)62-74(8,9)61-73(6,7)34-28-33-72(3,4)5/h28,34H,26-27,29-33,35-65H2,1-25H3,(H,84,90)(H,85,91)(H,86,92)(H,87,93)(H,88,94)/b34-28-. The van der Waals surface area contributed by atoms with Crippen LogP contribution in [-0.2, 0) is 80.8 Å². The number of amides is 6. The Kier molecular flexibility index (Phi) is 50.6. The molecule has 0 aliphatic heterocycles. The van der Waals surface area contributed by atoms with E-state index in [1.807, 2.05) is 118 Å². The molecule has 0 saturated heterocycles. The lowest BCUT2D eigenvalue weighted by Crippen LogP contribution is -2.53. The van der Waals surface area contributed by atoms with Crippen molar-refractivity contribution in [3.05, 3.63) is 12.2 Å². The molecular formula is C82H158BN6O18. The van der Waals surface area contributed by atoms with Gasteiger partial charge in [0.25, 0.3) is 0 Å². The molecule has 0 saturated carbocycles. The number of rotatable bonds is 67. The number of hydrogen-bond acceptors (Lipinski definition) is 18. The molecule has 107 heavy (non-hydrogen) atoms. The average molecular weight is 1530 g/mol. The monoisotopic (exact) mass is 1530 g/mol. The maximum absolute atomic E-state index is 13.8. The van der Waals surface area contributed by atoms with Crippen LogP contribution in [0.5, 0.6) is 0 Å². The van der Waals surface area contributed by atoms with Crippen molar-refractivity contribution in [2.24, 2.45) is 21.7 Å². The number of nitrogens with one attached hydrogen (secondary N) is 5. The van der Waals surface area contributed by atoms with Crippen LogP contribution in [0.1, 0.15) is 257 Å². The van der Waals surface area contributed by atoms with Gasteiger partial charge < -0.3 is 88.3 Å². The zero-order valence-electron chi connectivity index (χ0n) is 72.4. The average Bonchev–Trinajstić information content (AvgIpc) is 0.813. The second-order valence-corrected chi connectivity index (χ2v) is 36.4. The van der Waals surface area contributed by atoms with Crippen LogP contribution in [0.3, 0.4) is 0 Å². The lowest BCUT2D eigenvalue weighted by molar-refractivity contribution is -0.135. The van der Waals surface area contributed by atoms with Crippen LogP contribution in [0.25, 0.3) is 0 Å². The van der Waals surface area contributed by atoms with Gasteiger partial charge in [0.15, 0.2) is 5.81 Å². The highest BCUT2D eigenvalue weighted by Gasteiger charge is 2.40. The van der Waals surface area contributed by atoms with Crippen molar-refractivity contribution in [1.29, 1.82) is 0 Å². The van der Waals surface area contributed by atoms with Crippen LogP contribution >= 0.6 is 0 Å². The summed E-state index contributed by atoms with van der Waals surface area (Å²) in [6.45, 7) is 60.4. The molecule has 0 unspecified atom stereocenters. The normalized spacial score (nSPS) is 13.3. The van der Waals surface area contributed by atoms with Crippen molar-refractivity contribution in [3.8, 4) is 0 Å². The number of hydrogen-bond donors (Lipinski definition) is 5. The lowest BCUT2D eigenvalue weighted by atomic mass is 9.67. The van der Waals surface area contributed by atoms with E-state index in [1.54, 1.807) is 12.2 Å². The van der Waals surface area contributed by atoms with Crippen molar-refractivity contribution in [3.63, 3.8) is 0 Å². The molecule has 0 fully saturated rings. The number of carbonyl (C=O) groups is 6. The molecule has 627 valence electrons. The number of allylic oxidation sites excluding steroid dienone is 2. The first-order valence-electron chi connectivity index (χ1n) is 39.9. The molecule has 0 bridgehead atoms. The van der Waals surface area contributed by atoms with Gasteiger partial charge in [-0.25, -0.2) is 0 Å². The minimum Gasteiger partial charge on any atom is -0.379 e. The molecule has 1 radical (unpaired) electrons. The Morgan fingerprint density at radius 1 is 0.374 bits per heavy atom. The van der Waals surface area contributed by atoms with Crippen LogP contribution in [0.15, 0.2) is 12.2 Å². The molecule has 0 spiro atoms. The minimum atomic E-state index is -0.655. The topological polar surface area (TPSA) is 277 Å². The van der Waals surface area contributed by atoms with E-state index in [2.05, 4.69) is 94.1 Å². The van der Waals surface area contributed by atoms with Gasteiger partial charge in [-0.05, 0) is 165 Å². The quantitative estimate of drug-likeness (QED) is 0.0215. The predicted molar refractivity (Wildman–Crippen MR) is 428 cm³/mol. The molecule has 5 N–H and O–H groups in total. The maximum Gasteiger partial charge on any atom is 0.233 e. The zero-order chi connectivity index (χ0) is 81.6. The van der Waals surface area contributed by atoms with E-state index in [0.717, 1.165) is 38.5 Å². The molecule has 0 aromatic rings. The van der Waals surface area contributed by atoms with E-state index in [9.17, 15) is 28.8 Å². The summed E-state index contributed by atoms with van der Waals surface area (Å²) in [5.41, 5.74) is -4.27. The summed E-state index contributed by atoms with van der Waals surface area (Å²) in [6, 6.07) is 0. The van der Waals surface area contributed by atoms with Gasteiger partial charge in [0.2, 0.25) is 36.8 Å². The van der Waals surface area contributed by atoms with E-state index in [4.69, 9.17) is 56.8 Å². The van der Waals surface area contributed by atoms with Crippen LogP contribution < -0.4 is 26.6 Å². The van der Waals surface area contributed by atoms with Crippen molar-refractivity contribution < 1.29 is 85.6 Å². The van der Waals surface area contributed by atoms with Gasteiger partial charge >= 0.3 is 0 Å². The first-order valence-corrected chi connectivity index (χ1v) is 39.9. The van der Waals surface area contributed by atoms with Crippen molar-refractivity contribution >= 4 is 42.6 Å². The van der Waals surface area contributed by atoms with Gasteiger partial charge in [-0.15, -0.1) is 0 Å². The zero-order valence-corrected chi connectivity index (χ0v) is 72.4. The Balaban J connectivity index is 4.26. The van der Waals surface area contributed by atoms with Crippen LogP contribution in [-0.4, -0.2) is 245 Å². The van der Waals surface area contributed by atoms with Crippen LogP contribution in [0, 0.1) is 21.7 Å². The summed E-state index contributed by atoms with van der Waals surface area (Å²) in [5.74, 6) is -0.457. The fourth-order valence-corrected chi connectivity index (χ4v) is 11.6. The highest BCUT2D eigenvalue weighted by Crippen LogP contribution is 2.43. The summed E-state index contributed by atoms with van der Waals surface area (Å²) < 4.78 is 69.9. The summed E-state index contributed by atoms with van der Waals surface area (Å²) in [4.78, 5) is 79.4. The Morgan fingerprint density at radius 3 is 1.08 bits per heavy atom. The third-order valence-electron chi connectivity index (χ3n) is 17.5. The molecule has 0 atom stereocenters. The maximum atomic E-state index is 13.8. The van der Waals surface area contributed by atoms with Gasteiger partial charge in [0, 0.05) is 63.9 Å². The third kappa shape index (κ3) is 59.6. The summed E-state index contributed by atoms with van der Waals surface area (Å²) in [6.07, 6.45) is 13.2. The molecule has 0 heterocycles. The van der Waals surface area contributed by atoms with Crippen LogP contribution in [0.4, 0.5) is 4.79 Å². The van der Waals surface area contributed by atoms with Gasteiger partial charge in [0.1, 0.15) is 0 Å². The minimum absolute atomic E-state index is 0.00643. The molecule has 24 nitrogen and oxygen atoms in total. The summed E-state index contributed by atoms with van der Waals surface area (Å²) in [5, 5.41) is 15.3. The fourth-order valence-electron chi connectivity index (χ4n) is 11.6. The fraction of sp³-hybridized carbons (Fsp3) is 0.902. The Morgan fingerprint density at radius 2 is 0.720 bits per heavy atom.